The lowest BCUT2D eigenvalue weighted by Crippen LogP contribution is -2.43. The summed E-state index contributed by atoms with van der Waals surface area (Å²) in [6.07, 6.45) is 0.761. The molecular weight excluding hydrogens is 347 g/mol. The Morgan fingerprint density at radius 1 is 1.19 bits per heavy atom. The first-order chi connectivity index (χ1) is 13.1. The first-order valence-electron chi connectivity index (χ1n) is 9.24. The van der Waals surface area contributed by atoms with Crippen molar-refractivity contribution < 1.29 is 19.0 Å². The molecular formula is C21H25FN2O3. The van der Waals surface area contributed by atoms with Crippen LogP contribution in [0.2, 0.25) is 0 Å². The second kappa shape index (κ2) is 9.48. The van der Waals surface area contributed by atoms with Gasteiger partial charge in [-0.3, -0.25) is 9.69 Å². The van der Waals surface area contributed by atoms with Crippen LogP contribution in [0.15, 0.2) is 48.5 Å². The number of phenols is 1. The van der Waals surface area contributed by atoms with E-state index in [0.29, 0.717) is 26.2 Å². The molecule has 5 nitrogen and oxygen atoms in total. The second-order valence-corrected chi connectivity index (χ2v) is 6.65. The summed E-state index contributed by atoms with van der Waals surface area (Å²) in [6.45, 7) is 3.16. The summed E-state index contributed by atoms with van der Waals surface area (Å²) in [4.78, 5) is 14.5. The minimum absolute atomic E-state index is 0.0899. The SMILES string of the molecule is O=C(CCc1ccccc1O)NC[C@@H](c1cccc(F)c1)N1CCOCC1. The molecule has 144 valence electrons. The molecule has 0 unspecified atom stereocenters. The molecule has 2 N–H and O–H groups in total. The third-order valence-electron chi connectivity index (χ3n) is 4.83. The Balaban J connectivity index is 1.60. The van der Waals surface area contributed by atoms with Gasteiger partial charge in [0, 0.05) is 26.1 Å². The lowest BCUT2D eigenvalue weighted by atomic mass is 10.0. The lowest BCUT2D eigenvalue weighted by molar-refractivity contribution is -0.121. The van der Waals surface area contributed by atoms with Crippen LogP contribution in [0, 0.1) is 5.82 Å². The van der Waals surface area contributed by atoms with Gasteiger partial charge in [-0.25, -0.2) is 4.39 Å². The number of aryl methyl sites for hydroxylation is 1. The molecule has 0 aromatic heterocycles. The molecule has 1 aliphatic rings. The van der Waals surface area contributed by atoms with Crippen LogP contribution in [0.3, 0.4) is 0 Å². The lowest BCUT2D eigenvalue weighted by Gasteiger charge is -2.35. The zero-order valence-electron chi connectivity index (χ0n) is 15.2. The average molecular weight is 372 g/mol. The number of nitrogens with zero attached hydrogens (tertiary/aromatic N) is 1. The normalized spacial score (nSPS) is 16.0. The predicted molar refractivity (Wildman–Crippen MR) is 101 cm³/mol. The van der Waals surface area contributed by atoms with Gasteiger partial charge in [-0.2, -0.15) is 0 Å². The number of morpholine rings is 1. The summed E-state index contributed by atoms with van der Waals surface area (Å²) in [6, 6.07) is 13.4. The van der Waals surface area contributed by atoms with Crippen LogP contribution in [0.25, 0.3) is 0 Å². The maximum atomic E-state index is 13.7. The number of ether oxygens (including phenoxy) is 1. The van der Waals surface area contributed by atoms with E-state index in [1.54, 1.807) is 18.2 Å². The van der Waals surface area contributed by atoms with Crippen LogP contribution in [-0.2, 0) is 16.0 Å². The van der Waals surface area contributed by atoms with Gasteiger partial charge >= 0.3 is 0 Å². The smallest absolute Gasteiger partial charge is 0.220 e. The Labute approximate surface area is 158 Å². The van der Waals surface area contributed by atoms with Crippen molar-refractivity contribution in [1.29, 1.82) is 0 Å². The van der Waals surface area contributed by atoms with Gasteiger partial charge < -0.3 is 15.2 Å². The van der Waals surface area contributed by atoms with Gasteiger partial charge in [-0.05, 0) is 35.7 Å². The number of halogens is 1. The molecule has 1 saturated heterocycles. The molecule has 1 fully saturated rings. The molecule has 3 rings (SSSR count). The predicted octanol–water partition coefficient (Wildman–Crippen LogP) is 2.65. The van der Waals surface area contributed by atoms with E-state index in [0.717, 1.165) is 24.2 Å². The summed E-state index contributed by atoms with van der Waals surface area (Å²) in [5.74, 6) is -0.166. The van der Waals surface area contributed by atoms with Crippen LogP contribution < -0.4 is 5.32 Å². The molecule has 0 radical (unpaired) electrons. The zero-order valence-corrected chi connectivity index (χ0v) is 15.2. The van der Waals surface area contributed by atoms with Crippen LogP contribution in [-0.4, -0.2) is 48.8 Å². The molecule has 27 heavy (non-hydrogen) atoms. The van der Waals surface area contributed by atoms with Gasteiger partial charge in [0.05, 0.1) is 19.3 Å². The maximum absolute atomic E-state index is 13.7. The molecule has 0 saturated carbocycles. The summed E-state index contributed by atoms with van der Waals surface area (Å²) >= 11 is 0. The minimum atomic E-state index is -0.281. The van der Waals surface area contributed by atoms with E-state index in [4.69, 9.17) is 4.74 Å². The summed E-state index contributed by atoms with van der Waals surface area (Å²) in [5, 5.41) is 12.8. The van der Waals surface area contributed by atoms with Crippen molar-refractivity contribution in [2.24, 2.45) is 0 Å². The summed E-state index contributed by atoms with van der Waals surface area (Å²) in [5.41, 5.74) is 1.60. The van der Waals surface area contributed by atoms with Gasteiger partial charge in [0.15, 0.2) is 0 Å². The highest BCUT2D eigenvalue weighted by atomic mass is 19.1. The number of nitrogens with one attached hydrogen (secondary N) is 1. The van der Waals surface area contributed by atoms with E-state index < -0.39 is 0 Å². The van der Waals surface area contributed by atoms with E-state index >= 15 is 0 Å². The maximum Gasteiger partial charge on any atom is 0.220 e. The highest BCUT2D eigenvalue weighted by Crippen LogP contribution is 2.22. The fraction of sp³-hybridized carbons (Fsp3) is 0.381. The van der Waals surface area contributed by atoms with Gasteiger partial charge in [0.25, 0.3) is 0 Å². The summed E-state index contributed by atoms with van der Waals surface area (Å²) in [7, 11) is 0. The van der Waals surface area contributed by atoms with Gasteiger partial charge in [-0.1, -0.05) is 30.3 Å². The Hall–Kier alpha value is -2.44. The van der Waals surface area contributed by atoms with Crippen LogP contribution in [0.4, 0.5) is 4.39 Å². The number of hydrogen-bond acceptors (Lipinski definition) is 4. The van der Waals surface area contributed by atoms with E-state index in [9.17, 15) is 14.3 Å². The van der Waals surface area contributed by atoms with Crippen molar-refractivity contribution in [2.45, 2.75) is 18.9 Å². The fourth-order valence-corrected chi connectivity index (χ4v) is 3.33. The molecule has 0 aliphatic carbocycles. The van der Waals surface area contributed by atoms with Crippen LogP contribution in [0.1, 0.15) is 23.6 Å². The number of aromatic hydroxyl groups is 1. The Bertz CT molecular complexity index is 763. The van der Waals surface area contributed by atoms with Gasteiger partial charge in [0.2, 0.25) is 5.91 Å². The second-order valence-electron chi connectivity index (χ2n) is 6.65. The van der Waals surface area contributed by atoms with Crippen molar-refractivity contribution in [1.82, 2.24) is 10.2 Å². The highest BCUT2D eigenvalue weighted by molar-refractivity contribution is 5.76. The molecule has 1 atom stereocenters. The Kier molecular flexibility index (Phi) is 6.79. The quantitative estimate of drug-likeness (QED) is 0.784. The van der Waals surface area contributed by atoms with Gasteiger partial charge in [0.1, 0.15) is 11.6 Å². The van der Waals surface area contributed by atoms with Crippen molar-refractivity contribution in [3.63, 3.8) is 0 Å². The molecule has 0 spiro atoms. The number of carbonyl (C=O) groups excluding carboxylic acids is 1. The number of benzene rings is 2. The van der Waals surface area contributed by atoms with Crippen molar-refractivity contribution in [3.05, 3.63) is 65.5 Å². The number of amides is 1. The standard InChI is InChI=1S/C21H25FN2O3/c22-18-6-3-5-17(14-18)19(24-10-12-27-13-11-24)15-23-21(26)9-8-16-4-1-2-7-20(16)25/h1-7,14,19,25H,8-13,15H2,(H,23,26)/t19-/m0/s1. The molecule has 1 aliphatic heterocycles. The first-order valence-corrected chi connectivity index (χ1v) is 9.24. The van der Waals surface area contributed by atoms with Crippen molar-refractivity contribution in [2.75, 3.05) is 32.8 Å². The van der Waals surface area contributed by atoms with Crippen LogP contribution >= 0.6 is 0 Å². The van der Waals surface area contributed by atoms with Crippen molar-refractivity contribution >= 4 is 5.91 Å². The monoisotopic (exact) mass is 372 g/mol. The first kappa shape index (κ1) is 19.3. The fourth-order valence-electron chi connectivity index (χ4n) is 3.33. The largest absolute Gasteiger partial charge is 0.508 e. The molecule has 0 bridgehead atoms. The van der Waals surface area contributed by atoms with E-state index in [-0.39, 0.29) is 29.9 Å². The summed E-state index contributed by atoms with van der Waals surface area (Å²) < 4.78 is 19.1. The molecule has 1 heterocycles. The Morgan fingerprint density at radius 2 is 1.96 bits per heavy atom. The Morgan fingerprint density at radius 3 is 2.70 bits per heavy atom. The average Bonchev–Trinajstić information content (AvgIpc) is 2.68. The van der Waals surface area contributed by atoms with E-state index in [2.05, 4.69) is 10.2 Å². The zero-order chi connectivity index (χ0) is 19.1. The number of rotatable bonds is 7. The van der Waals surface area contributed by atoms with Crippen molar-refractivity contribution in [3.8, 4) is 5.75 Å². The third-order valence-corrected chi connectivity index (χ3v) is 4.83. The van der Waals surface area contributed by atoms with Crippen LogP contribution in [0.5, 0.6) is 5.75 Å². The van der Waals surface area contributed by atoms with Gasteiger partial charge in [-0.15, -0.1) is 0 Å². The third kappa shape index (κ3) is 5.52. The number of carbonyl (C=O) groups is 1. The van der Waals surface area contributed by atoms with E-state index in [1.807, 2.05) is 18.2 Å². The minimum Gasteiger partial charge on any atom is -0.508 e. The number of para-hydroxylation sites is 1. The topological polar surface area (TPSA) is 61.8 Å². The molecule has 6 heteroatoms. The number of hydrogen-bond donors (Lipinski definition) is 2. The number of phenolic OH excluding ortho intramolecular Hbond substituents is 1. The molecule has 2 aromatic carbocycles. The molecule has 2 aromatic rings. The molecule has 1 amide bonds. The van der Waals surface area contributed by atoms with E-state index in [1.165, 1.54) is 12.1 Å². The highest BCUT2D eigenvalue weighted by Gasteiger charge is 2.23.